The lowest BCUT2D eigenvalue weighted by molar-refractivity contribution is -0.142. The average molecular weight is 484 g/mol. The van der Waals surface area contributed by atoms with Crippen molar-refractivity contribution in [2.75, 3.05) is 6.54 Å². The Kier molecular flexibility index (Phi) is 8.53. The van der Waals surface area contributed by atoms with E-state index in [1.807, 2.05) is 86.3 Å². The number of aliphatic hydroxyl groups is 2. The molecule has 5 N–H and O–H groups in total. The first-order valence-electron chi connectivity index (χ1n) is 12.0. The summed E-state index contributed by atoms with van der Waals surface area (Å²) >= 11 is 0. The molecular weight excluding hydrogens is 446 g/mol. The topological polar surface area (TPSA) is 125 Å². The second-order valence-corrected chi connectivity index (χ2v) is 10.2. The van der Waals surface area contributed by atoms with Crippen LogP contribution in [0.4, 0.5) is 4.79 Å². The minimum absolute atomic E-state index is 0.0859. The quantitative estimate of drug-likeness (QED) is 0.434. The van der Waals surface area contributed by atoms with Gasteiger partial charge in [-0.2, -0.15) is 0 Å². The summed E-state index contributed by atoms with van der Waals surface area (Å²) in [5.41, 5.74) is 5.67. The average Bonchev–Trinajstić information content (AvgIpc) is 3.16. The van der Waals surface area contributed by atoms with Crippen molar-refractivity contribution in [3.63, 3.8) is 0 Å². The normalized spacial score (nSPS) is 22.4. The van der Waals surface area contributed by atoms with Gasteiger partial charge >= 0.3 is 6.09 Å². The number of carbonyl (C=O) groups excluding carboxylic acids is 2. The number of alkyl carbamates (subject to hydrolysis) is 1. The molecule has 0 radical (unpaired) electrons. The number of carbonyl (C=O) groups is 2. The van der Waals surface area contributed by atoms with E-state index in [2.05, 4.69) is 5.32 Å². The van der Waals surface area contributed by atoms with Crippen molar-refractivity contribution < 1.29 is 24.5 Å². The Morgan fingerprint density at radius 3 is 2.23 bits per heavy atom. The SMILES string of the molecule is CC(C)(C)N1CCC(O)[C@@]1(C[C@@H](O)[C@H](Cc1ccccc1)NC(=O)OCc1ccccc1)C(N)=O. The summed E-state index contributed by atoms with van der Waals surface area (Å²) in [5, 5.41) is 25.0. The lowest BCUT2D eigenvalue weighted by atomic mass is 9.81. The Balaban J connectivity index is 1.81. The maximum Gasteiger partial charge on any atom is 0.407 e. The fraction of sp³-hybridized carbons (Fsp3) is 0.481. The van der Waals surface area contributed by atoms with Crippen LogP contribution in [0.3, 0.4) is 0 Å². The van der Waals surface area contributed by atoms with Gasteiger partial charge in [0.2, 0.25) is 5.91 Å². The van der Waals surface area contributed by atoms with Crippen molar-refractivity contribution in [3.05, 3.63) is 71.8 Å². The summed E-state index contributed by atoms with van der Waals surface area (Å²) in [6, 6.07) is 17.9. The fourth-order valence-electron chi connectivity index (χ4n) is 4.98. The van der Waals surface area contributed by atoms with Crippen molar-refractivity contribution in [1.29, 1.82) is 0 Å². The van der Waals surface area contributed by atoms with Gasteiger partial charge in [-0.25, -0.2) is 4.79 Å². The molecule has 0 aliphatic carbocycles. The summed E-state index contributed by atoms with van der Waals surface area (Å²) < 4.78 is 5.37. The first kappa shape index (κ1) is 26.7. The largest absolute Gasteiger partial charge is 0.445 e. The molecule has 1 saturated heterocycles. The molecule has 1 aliphatic rings. The second kappa shape index (κ2) is 11.2. The molecule has 2 aromatic rings. The summed E-state index contributed by atoms with van der Waals surface area (Å²) in [7, 11) is 0. The molecule has 4 atom stereocenters. The number of primary amides is 1. The van der Waals surface area contributed by atoms with Gasteiger partial charge in [0.1, 0.15) is 12.1 Å². The lowest BCUT2D eigenvalue weighted by Gasteiger charge is -2.46. The first-order valence-corrected chi connectivity index (χ1v) is 12.0. The van der Waals surface area contributed by atoms with E-state index < -0.39 is 41.3 Å². The third-order valence-electron chi connectivity index (χ3n) is 6.69. The van der Waals surface area contributed by atoms with Crippen LogP contribution in [0.2, 0.25) is 0 Å². The number of hydrogen-bond acceptors (Lipinski definition) is 6. The predicted octanol–water partition coefficient (Wildman–Crippen LogP) is 2.36. The van der Waals surface area contributed by atoms with Crippen molar-refractivity contribution in [2.24, 2.45) is 5.73 Å². The molecule has 1 aliphatic heterocycles. The minimum Gasteiger partial charge on any atom is -0.445 e. The number of amides is 2. The first-order chi connectivity index (χ1) is 16.5. The fourth-order valence-corrected chi connectivity index (χ4v) is 4.98. The Morgan fingerprint density at radius 1 is 1.11 bits per heavy atom. The number of benzene rings is 2. The highest BCUT2D eigenvalue weighted by atomic mass is 16.5. The van der Waals surface area contributed by atoms with Gasteiger partial charge in [-0.05, 0) is 44.7 Å². The Morgan fingerprint density at radius 2 is 1.69 bits per heavy atom. The van der Waals surface area contributed by atoms with E-state index in [-0.39, 0.29) is 13.0 Å². The second-order valence-electron chi connectivity index (χ2n) is 10.2. The number of aliphatic hydroxyl groups excluding tert-OH is 2. The molecule has 0 aromatic heterocycles. The molecule has 35 heavy (non-hydrogen) atoms. The van der Waals surface area contributed by atoms with Crippen LogP contribution in [0.1, 0.15) is 44.7 Å². The third kappa shape index (κ3) is 6.39. The maximum atomic E-state index is 12.8. The van der Waals surface area contributed by atoms with Crippen LogP contribution in [0.5, 0.6) is 0 Å². The van der Waals surface area contributed by atoms with E-state index in [9.17, 15) is 19.8 Å². The van der Waals surface area contributed by atoms with Gasteiger partial charge in [0, 0.05) is 18.5 Å². The Hall–Kier alpha value is -2.94. The number of nitrogens with two attached hydrogens (primary N) is 1. The highest BCUT2D eigenvalue weighted by Gasteiger charge is 2.57. The van der Waals surface area contributed by atoms with Crippen LogP contribution in [-0.2, 0) is 22.6 Å². The van der Waals surface area contributed by atoms with E-state index >= 15 is 0 Å². The number of nitrogens with zero attached hydrogens (tertiary/aromatic N) is 1. The molecule has 0 bridgehead atoms. The molecular formula is C27H37N3O5. The van der Waals surface area contributed by atoms with Crippen molar-refractivity contribution in [2.45, 2.75) is 76.0 Å². The number of likely N-dealkylation sites (tertiary alicyclic amines) is 1. The molecule has 2 aromatic carbocycles. The van der Waals surface area contributed by atoms with E-state index in [0.717, 1.165) is 11.1 Å². The van der Waals surface area contributed by atoms with E-state index in [1.165, 1.54) is 0 Å². The standard InChI is InChI=1S/C27H37N3O5/c1-26(2,3)30-15-14-23(32)27(30,24(28)33)17-22(31)21(16-19-10-6-4-7-11-19)29-25(34)35-18-20-12-8-5-9-13-20/h4-13,21-23,31-32H,14-18H2,1-3H3,(H2,28,33)(H,29,34)/t21-,22+,23?,27-/m0/s1. The number of rotatable bonds is 9. The van der Waals surface area contributed by atoms with Crippen molar-refractivity contribution in [3.8, 4) is 0 Å². The molecule has 1 fully saturated rings. The summed E-state index contributed by atoms with van der Waals surface area (Å²) in [5.74, 6) is -0.693. The zero-order valence-electron chi connectivity index (χ0n) is 20.7. The van der Waals surface area contributed by atoms with Gasteiger partial charge in [-0.1, -0.05) is 60.7 Å². The molecule has 2 amide bonds. The van der Waals surface area contributed by atoms with Gasteiger partial charge in [0.25, 0.3) is 0 Å². The number of hydrogen-bond donors (Lipinski definition) is 4. The summed E-state index contributed by atoms with van der Waals surface area (Å²) in [4.78, 5) is 27.3. The van der Waals surface area contributed by atoms with Gasteiger partial charge in [-0.15, -0.1) is 0 Å². The van der Waals surface area contributed by atoms with Gasteiger partial charge in [0.15, 0.2) is 0 Å². The van der Waals surface area contributed by atoms with Crippen LogP contribution < -0.4 is 11.1 Å². The molecule has 8 nitrogen and oxygen atoms in total. The molecule has 0 spiro atoms. The Bertz CT molecular complexity index is 979. The monoisotopic (exact) mass is 483 g/mol. The third-order valence-corrected chi connectivity index (χ3v) is 6.69. The van der Waals surface area contributed by atoms with Crippen LogP contribution in [0.15, 0.2) is 60.7 Å². The lowest BCUT2D eigenvalue weighted by Crippen LogP contribution is -2.66. The molecule has 8 heteroatoms. The zero-order valence-corrected chi connectivity index (χ0v) is 20.7. The van der Waals surface area contributed by atoms with Crippen LogP contribution >= 0.6 is 0 Å². The van der Waals surface area contributed by atoms with E-state index in [4.69, 9.17) is 10.5 Å². The van der Waals surface area contributed by atoms with Crippen molar-refractivity contribution >= 4 is 12.0 Å². The number of ether oxygens (including phenoxy) is 1. The van der Waals surface area contributed by atoms with Crippen LogP contribution in [0, 0.1) is 0 Å². The van der Waals surface area contributed by atoms with Crippen molar-refractivity contribution in [1.82, 2.24) is 10.2 Å². The van der Waals surface area contributed by atoms with Crippen LogP contribution in [-0.4, -0.2) is 63.0 Å². The molecule has 3 rings (SSSR count). The van der Waals surface area contributed by atoms with E-state index in [0.29, 0.717) is 19.4 Å². The zero-order chi connectivity index (χ0) is 25.6. The van der Waals surface area contributed by atoms with Gasteiger partial charge < -0.3 is 26.0 Å². The van der Waals surface area contributed by atoms with E-state index in [1.54, 1.807) is 0 Å². The summed E-state index contributed by atoms with van der Waals surface area (Å²) in [6.45, 7) is 6.38. The summed E-state index contributed by atoms with van der Waals surface area (Å²) in [6.07, 6.45) is -2.34. The maximum absolute atomic E-state index is 12.8. The molecule has 190 valence electrons. The van der Waals surface area contributed by atoms with Crippen LogP contribution in [0.25, 0.3) is 0 Å². The molecule has 0 saturated carbocycles. The molecule has 1 heterocycles. The van der Waals surface area contributed by atoms with Gasteiger partial charge in [0.05, 0.1) is 18.2 Å². The Labute approximate surface area is 207 Å². The minimum atomic E-state index is -1.46. The highest BCUT2D eigenvalue weighted by Crippen LogP contribution is 2.39. The highest BCUT2D eigenvalue weighted by molar-refractivity contribution is 5.86. The smallest absolute Gasteiger partial charge is 0.407 e. The van der Waals surface area contributed by atoms with Gasteiger partial charge in [-0.3, -0.25) is 9.69 Å². The molecule has 1 unspecified atom stereocenters. The number of nitrogens with one attached hydrogen (secondary N) is 1. The predicted molar refractivity (Wildman–Crippen MR) is 133 cm³/mol.